The summed E-state index contributed by atoms with van der Waals surface area (Å²) in [5.74, 6) is 0.420. The van der Waals surface area contributed by atoms with E-state index in [4.69, 9.17) is 0 Å². The lowest BCUT2D eigenvalue weighted by atomic mass is 10.1. The van der Waals surface area contributed by atoms with E-state index in [-0.39, 0.29) is 5.54 Å². The van der Waals surface area contributed by atoms with Crippen LogP contribution < -0.4 is 0 Å². The molecule has 2 heterocycles. The minimum atomic E-state index is -0.0264. The lowest BCUT2D eigenvalue weighted by molar-refractivity contribution is 0.479. The summed E-state index contributed by atoms with van der Waals surface area (Å²) >= 11 is 0. The number of pyridine rings is 1. The Bertz CT molecular complexity index is 511. The minimum Gasteiger partial charge on any atom is -0.259 e. The zero-order valence-corrected chi connectivity index (χ0v) is 10.2. The van der Waals surface area contributed by atoms with Crippen LogP contribution in [-0.2, 0) is 5.54 Å². The number of hydrogen-bond acceptors (Lipinski definition) is 3. The molecular weight excluding hydrogens is 212 g/mol. The average molecular weight is 228 g/mol. The Morgan fingerprint density at radius 1 is 1.29 bits per heavy atom. The van der Waals surface area contributed by atoms with Crippen LogP contribution in [0, 0.1) is 0 Å². The average Bonchev–Trinajstić information content (AvgIpc) is 3.00. The quantitative estimate of drug-likeness (QED) is 0.809. The second kappa shape index (κ2) is 3.65. The van der Waals surface area contributed by atoms with Crippen molar-refractivity contribution in [3.05, 3.63) is 42.0 Å². The van der Waals surface area contributed by atoms with Crippen molar-refractivity contribution in [2.24, 2.45) is 0 Å². The van der Waals surface area contributed by atoms with Gasteiger partial charge in [0, 0.05) is 12.4 Å². The van der Waals surface area contributed by atoms with E-state index in [1.807, 2.05) is 23.0 Å². The predicted octanol–water partition coefficient (Wildman–Crippen LogP) is 2.33. The van der Waals surface area contributed by atoms with E-state index >= 15 is 0 Å². The van der Waals surface area contributed by atoms with Gasteiger partial charge >= 0.3 is 0 Å². The monoisotopic (exact) mass is 228 g/mol. The Kier molecular flexibility index (Phi) is 2.24. The van der Waals surface area contributed by atoms with Crippen LogP contribution in [0.25, 0.3) is 0 Å². The van der Waals surface area contributed by atoms with Crippen molar-refractivity contribution in [1.29, 1.82) is 0 Å². The van der Waals surface area contributed by atoms with Crippen molar-refractivity contribution in [2.45, 2.75) is 38.1 Å². The van der Waals surface area contributed by atoms with Gasteiger partial charge in [0.15, 0.2) is 0 Å². The van der Waals surface area contributed by atoms with E-state index in [1.54, 1.807) is 0 Å². The molecular formula is C13H16N4. The maximum atomic E-state index is 4.45. The van der Waals surface area contributed by atoms with Crippen LogP contribution in [0.2, 0.25) is 0 Å². The van der Waals surface area contributed by atoms with E-state index in [0.29, 0.717) is 5.92 Å². The molecule has 0 radical (unpaired) electrons. The van der Waals surface area contributed by atoms with E-state index in [0.717, 1.165) is 24.2 Å². The molecule has 0 spiro atoms. The Labute approximate surface area is 101 Å². The standard InChI is InChI=1S/C13H16N4/c1-10(2)11-9-17(16-15-11)13(6-7-13)12-5-3-4-8-14-12/h3-5,8-10H,6-7H2,1-2H3. The van der Waals surface area contributed by atoms with Crippen LogP contribution in [0.15, 0.2) is 30.6 Å². The smallest absolute Gasteiger partial charge is 0.106 e. The molecule has 0 aliphatic heterocycles. The Morgan fingerprint density at radius 2 is 2.12 bits per heavy atom. The zero-order valence-electron chi connectivity index (χ0n) is 10.2. The Balaban J connectivity index is 1.98. The van der Waals surface area contributed by atoms with Gasteiger partial charge < -0.3 is 0 Å². The third-order valence-corrected chi connectivity index (χ3v) is 3.41. The first-order chi connectivity index (χ1) is 8.22. The number of aromatic nitrogens is 4. The van der Waals surface area contributed by atoms with Gasteiger partial charge in [-0.05, 0) is 30.9 Å². The lowest BCUT2D eigenvalue weighted by Crippen LogP contribution is -2.20. The lowest BCUT2D eigenvalue weighted by Gasteiger charge is -2.13. The van der Waals surface area contributed by atoms with Crippen LogP contribution in [-0.4, -0.2) is 20.0 Å². The van der Waals surface area contributed by atoms with E-state index < -0.39 is 0 Å². The molecule has 4 heteroatoms. The second-order valence-electron chi connectivity index (χ2n) is 4.99. The van der Waals surface area contributed by atoms with Crippen molar-refractivity contribution in [3.8, 4) is 0 Å². The second-order valence-corrected chi connectivity index (χ2v) is 4.99. The molecule has 0 saturated heterocycles. The molecule has 3 rings (SSSR count). The molecule has 0 N–H and O–H groups in total. The van der Waals surface area contributed by atoms with Gasteiger partial charge in [-0.2, -0.15) is 0 Å². The highest BCUT2D eigenvalue weighted by Gasteiger charge is 2.48. The fourth-order valence-electron chi connectivity index (χ4n) is 2.11. The van der Waals surface area contributed by atoms with Crippen molar-refractivity contribution < 1.29 is 0 Å². The first kappa shape index (κ1) is 10.4. The molecule has 17 heavy (non-hydrogen) atoms. The third-order valence-electron chi connectivity index (χ3n) is 3.41. The Morgan fingerprint density at radius 3 is 2.65 bits per heavy atom. The van der Waals surface area contributed by atoms with E-state index in [9.17, 15) is 0 Å². The SMILES string of the molecule is CC(C)c1cn(C2(c3ccccn3)CC2)nn1. The molecule has 0 unspecified atom stereocenters. The van der Waals surface area contributed by atoms with Crippen LogP contribution in [0.5, 0.6) is 0 Å². The first-order valence-electron chi connectivity index (χ1n) is 6.07. The summed E-state index contributed by atoms with van der Waals surface area (Å²) in [6, 6.07) is 6.05. The summed E-state index contributed by atoms with van der Waals surface area (Å²) < 4.78 is 1.99. The molecule has 1 saturated carbocycles. The number of nitrogens with zero attached hydrogens (tertiary/aromatic N) is 4. The summed E-state index contributed by atoms with van der Waals surface area (Å²) in [6.45, 7) is 4.27. The number of hydrogen-bond donors (Lipinski definition) is 0. The van der Waals surface area contributed by atoms with Gasteiger partial charge in [-0.25, -0.2) is 4.68 Å². The number of rotatable bonds is 3. The molecule has 0 amide bonds. The van der Waals surface area contributed by atoms with Gasteiger partial charge in [0.05, 0.1) is 11.4 Å². The molecule has 0 bridgehead atoms. The molecule has 4 nitrogen and oxygen atoms in total. The van der Waals surface area contributed by atoms with Gasteiger partial charge in [-0.15, -0.1) is 5.10 Å². The largest absolute Gasteiger partial charge is 0.259 e. The maximum Gasteiger partial charge on any atom is 0.106 e. The highest BCUT2D eigenvalue weighted by Crippen LogP contribution is 2.47. The molecule has 0 atom stereocenters. The van der Waals surface area contributed by atoms with Crippen molar-refractivity contribution in [2.75, 3.05) is 0 Å². The normalized spacial score (nSPS) is 17.4. The van der Waals surface area contributed by atoms with Crippen molar-refractivity contribution >= 4 is 0 Å². The van der Waals surface area contributed by atoms with Gasteiger partial charge in [0.2, 0.25) is 0 Å². The molecule has 0 aromatic carbocycles. The minimum absolute atomic E-state index is 0.0264. The molecule has 1 aliphatic carbocycles. The summed E-state index contributed by atoms with van der Waals surface area (Å²) in [5, 5.41) is 8.51. The Hall–Kier alpha value is -1.71. The van der Waals surface area contributed by atoms with Gasteiger partial charge in [0.25, 0.3) is 0 Å². The van der Waals surface area contributed by atoms with E-state index in [1.165, 1.54) is 0 Å². The molecule has 88 valence electrons. The topological polar surface area (TPSA) is 43.6 Å². The van der Waals surface area contributed by atoms with Crippen molar-refractivity contribution in [3.63, 3.8) is 0 Å². The van der Waals surface area contributed by atoms with Gasteiger partial charge in [0.1, 0.15) is 5.54 Å². The van der Waals surface area contributed by atoms with Gasteiger partial charge in [-0.1, -0.05) is 25.1 Å². The summed E-state index contributed by atoms with van der Waals surface area (Å²) in [7, 11) is 0. The highest BCUT2D eigenvalue weighted by molar-refractivity contribution is 5.24. The zero-order chi connectivity index (χ0) is 11.9. The fourth-order valence-corrected chi connectivity index (χ4v) is 2.11. The predicted molar refractivity (Wildman–Crippen MR) is 64.7 cm³/mol. The van der Waals surface area contributed by atoms with E-state index in [2.05, 4.69) is 41.4 Å². The fraction of sp³-hybridized carbons (Fsp3) is 0.462. The molecule has 2 aromatic rings. The van der Waals surface area contributed by atoms with Gasteiger partial charge in [-0.3, -0.25) is 4.98 Å². The maximum absolute atomic E-state index is 4.45. The third kappa shape index (κ3) is 1.64. The molecule has 1 aliphatic rings. The van der Waals surface area contributed by atoms with Crippen LogP contribution in [0.1, 0.15) is 44.0 Å². The summed E-state index contributed by atoms with van der Waals surface area (Å²) in [5.41, 5.74) is 2.12. The van der Waals surface area contributed by atoms with Crippen molar-refractivity contribution in [1.82, 2.24) is 20.0 Å². The first-order valence-corrected chi connectivity index (χ1v) is 6.07. The highest BCUT2D eigenvalue weighted by atomic mass is 15.5. The van der Waals surface area contributed by atoms with Crippen LogP contribution in [0.4, 0.5) is 0 Å². The summed E-state index contributed by atoms with van der Waals surface area (Å²) in [6.07, 6.45) is 6.11. The molecule has 2 aromatic heterocycles. The molecule has 1 fully saturated rings. The van der Waals surface area contributed by atoms with Crippen LogP contribution in [0.3, 0.4) is 0 Å². The van der Waals surface area contributed by atoms with Crippen LogP contribution >= 0.6 is 0 Å². The summed E-state index contributed by atoms with van der Waals surface area (Å²) in [4.78, 5) is 4.45.